The van der Waals surface area contributed by atoms with E-state index in [0.29, 0.717) is 11.9 Å². The molecule has 27 heavy (non-hydrogen) atoms. The third kappa shape index (κ3) is 5.62. The summed E-state index contributed by atoms with van der Waals surface area (Å²) in [6.45, 7) is 4.50. The van der Waals surface area contributed by atoms with Crippen LogP contribution < -0.4 is 5.32 Å². The highest BCUT2D eigenvalue weighted by molar-refractivity contribution is 5.85. The van der Waals surface area contributed by atoms with Crippen LogP contribution in [0.4, 0.5) is 0 Å². The van der Waals surface area contributed by atoms with Crippen LogP contribution >= 0.6 is 12.4 Å². The minimum Gasteiger partial charge on any atom is -0.303 e. The largest absolute Gasteiger partial charge is 0.303 e. The van der Waals surface area contributed by atoms with Crippen LogP contribution in [0.2, 0.25) is 0 Å². The van der Waals surface area contributed by atoms with E-state index in [9.17, 15) is 0 Å². The van der Waals surface area contributed by atoms with Crippen LogP contribution in [0.25, 0.3) is 11.4 Å². The van der Waals surface area contributed by atoms with E-state index in [0.717, 1.165) is 12.0 Å². The highest BCUT2D eigenvalue weighted by Gasteiger charge is 2.18. The van der Waals surface area contributed by atoms with Gasteiger partial charge in [0.25, 0.3) is 0 Å². The number of aromatic amines is 1. The summed E-state index contributed by atoms with van der Waals surface area (Å²) in [7, 11) is 0. The zero-order valence-corrected chi connectivity index (χ0v) is 16.7. The van der Waals surface area contributed by atoms with Gasteiger partial charge in [-0.1, -0.05) is 75.2 Å². The maximum atomic E-state index is 4.11. The minimum absolute atomic E-state index is 0. The Morgan fingerprint density at radius 3 is 2.44 bits per heavy atom. The van der Waals surface area contributed by atoms with Crippen LogP contribution in [0, 0.1) is 0 Å². The van der Waals surface area contributed by atoms with Crippen molar-refractivity contribution < 1.29 is 0 Å². The number of H-pyrrole nitrogens is 1. The fourth-order valence-corrected chi connectivity index (χ4v) is 3.26. The number of hydrogen-bond acceptors (Lipinski definition) is 4. The van der Waals surface area contributed by atoms with Gasteiger partial charge in [-0.05, 0) is 35.2 Å². The summed E-state index contributed by atoms with van der Waals surface area (Å²) in [6, 6.07) is 19.7. The summed E-state index contributed by atoms with van der Waals surface area (Å²) in [4.78, 5) is 0. The molecule has 5 nitrogen and oxygen atoms in total. The number of halogens is 1. The summed E-state index contributed by atoms with van der Waals surface area (Å²) in [6.07, 6.45) is 4.78. The first-order valence-corrected chi connectivity index (χ1v) is 9.46. The van der Waals surface area contributed by atoms with Crippen molar-refractivity contribution >= 4 is 12.4 Å². The first-order valence-electron chi connectivity index (χ1n) is 9.46. The summed E-state index contributed by atoms with van der Waals surface area (Å²) < 4.78 is 0. The summed E-state index contributed by atoms with van der Waals surface area (Å²) in [5.41, 5.74) is 3.46. The molecule has 0 spiro atoms. The summed E-state index contributed by atoms with van der Waals surface area (Å²) in [5, 5.41) is 18.3. The Hall–Kier alpha value is -2.24. The van der Waals surface area contributed by atoms with Crippen molar-refractivity contribution in [2.45, 2.75) is 51.6 Å². The number of nitrogens with one attached hydrogen (secondary N) is 2. The predicted molar refractivity (Wildman–Crippen MR) is 112 cm³/mol. The molecule has 3 rings (SSSR count). The van der Waals surface area contributed by atoms with Crippen LogP contribution in [0.1, 0.15) is 56.7 Å². The Balaban J connectivity index is 0.00000261. The zero-order chi connectivity index (χ0) is 18.2. The van der Waals surface area contributed by atoms with E-state index in [1.807, 2.05) is 6.07 Å². The van der Waals surface area contributed by atoms with Crippen LogP contribution in [0.5, 0.6) is 0 Å². The second kappa shape index (κ2) is 10.8. The number of tetrazole rings is 1. The molecule has 0 fully saturated rings. The quantitative estimate of drug-likeness (QED) is 0.547. The van der Waals surface area contributed by atoms with E-state index < -0.39 is 0 Å². The second-order valence-corrected chi connectivity index (χ2v) is 6.62. The van der Waals surface area contributed by atoms with Crippen molar-refractivity contribution in [1.82, 2.24) is 25.9 Å². The minimum atomic E-state index is 0. The Morgan fingerprint density at radius 1 is 1.00 bits per heavy atom. The molecule has 3 aromatic rings. The molecule has 0 amide bonds. The lowest BCUT2D eigenvalue weighted by Gasteiger charge is -2.26. The second-order valence-electron chi connectivity index (χ2n) is 6.62. The molecule has 0 saturated heterocycles. The van der Waals surface area contributed by atoms with E-state index in [4.69, 9.17) is 0 Å². The maximum absolute atomic E-state index is 4.11. The topological polar surface area (TPSA) is 66.5 Å². The Morgan fingerprint density at radius 2 is 1.78 bits per heavy atom. The lowest BCUT2D eigenvalue weighted by molar-refractivity contribution is 0.422. The molecule has 1 aromatic heterocycles. The lowest BCUT2D eigenvalue weighted by Crippen LogP contribution is -2.33. The van der Waals surface area contributed by atoms with Crippen LogP contribution in [-0.4, -0.2) is 26.7 Å². The molecule has 0 aliphatic rings. The van der Waals surface area contributed by atoms with Gasteiger partial charge in [0.15, 0.2) is 0 Å². The van der Waals surface area contributed by atoms with Gasteiger partial charge < -0.3 is 5.32 Å². The van der Waals surface area contributed by atoms with E-state index in [2.05, 4.69) is 88.3 Å². The first kappa shape index (κ1) is 21.1. The SMILES string of the molecule is CCCCC(CC)NC(c1ccccc1)c1cccc(-c2nn[nH]n2)c1.Cl. The van der Waals surface area contributed by atoms with Crippen molar-refractivity contribution in [3.05, 3.63) is 65.7 Å². The van der Waals surface area contributed by atoms with E-state index >= 15 is 0 Å². The number of nitrogens with zero attached hydrogens (tertiary/aromatic N) is 3. The van der Waals surface area contributed by atoms with Crippen LogP contribution in [-0.2, 0) is 0 Å². The van der Waals surface area contributed by atoms with E-state index in [1.54, 1.807) is 0 Å². The monoisotopic (exact) mass is 385 g/mol. The summed E-state index contributed by atoms with van der Waals surface area (Å²) >= 11 is 0. The molecule has 2 unspecified atom stereocenters. The lowest BCUT2D eigenvalue weighted by atomic mass is 9.95. The highest BCUT2D eigenvalue weighted by Crippen LogP contribution is 2.27. The van der Waals surface area contributed by atoms with Gasteiger partial charge in [-0.15, -0.1) is 22.6 Å². The molecule has 0 saturated carbocycles. The molecule has 144 valence electrons. The average Bonchev–Trinajstić information content (AvgIpc) is 3.24. The van der Waals surface area contributed by atoms with E-state index in [1.165, 1.54) is 30.4 Å². The van der Waals surface area contributed by atoms with E-state index in [-0.39, 0.29) is 18.4 Å². The standard InChI is InChI=1S/C21H27N5.ClH/c1-3-5-14-19(4-2)22-20(16-10-7-6-8-11-16)17-12-9-13-18(15-17)21-23-25-26-24-21;/h6-13,15,19-20,22H,3-5,14H2,1-2H3,(H,23,24,25,26);1H. The number of hydrogen-bond donors (Lipinski definition) is 2. The molecule has 1 heterocycles. The number of aromatic nitrogens is 4. The predicted octanol–water partition coefficient (Wildman–Crippen LogP) is 4.94. The van der Waals surface area contributed by atoms with Crippen molar-refractivity contribution in [2.75, 3.05) is 0 Å². The molecule has 2 N–H and O–H groups in total. The van der Waals surface area contributed by atoms with Gasteiger partial charge in [0, 0.05) is 11.6 Å². The molecule has 2 aromatic carbocycles. The average molecular weight is 386 g/mol. The Kier molecular flexibility index (Phi) is 8.43. The highest BCUT2D eigenvalue weighted by atomic mass is 35.5. The van der Waals surface area contributed by atoms with Gasteiger partial charge in [-0.2, -0.15) is 5.21 Å². The summed E-state index contributed by atoms with van der Waals surface area (Å²) in [5.74, 6) is 0.622. The van der Waals surface area contributed by atoms with Gasteiger partial charge in [0.2, 0.25) is 5.82 Å². The molecule has 0 bridgehead atoms. The molecule has 0 aliphatic carbocycles. The third-order valence-electron chi connectivity index (χ3n) is 4.76. The molecular formula is C21H28ClN5. The van der Waals surface area contributed by atoms with Crippen molar-refractivity contribution in [3.63, 3.8) is 0 Å². The molecule has 2 atom stereocenters. The number of benzene rings is 2. The molecular weight excluding hydrogens is 358 g/mol. The van der Waals surface area contributed by atoms with Crippen molar-refractivity contribution in [3.8, 4) is 11.4 Å². The fraction of sp³-hybridized carbons (Fsp3) is 0.381. The zero-order valence-electron chi connectivity index (χ0n) is 15.9. The Bertz CT molecular complexity index is 776. The number of unbranched alkanes of at least 4 members (excludes halogenated alkanes) is 1. The van der Waals surface area contributed by atoms with Crippen molar-refractivity contribution in [1.29, 1.82) is 0 Å². The van der Waals surface area contributed by atoms with Gasteiger partial charge in [0.1, 0.15) is 0 Å². The van der Waals surface area contributed by atoms with Crippen LogP contribution in [0.3, 0.4) is 0 Å². The van der Waals surface area contributed by atoms with Crippen molar-refractivity contribution in [2.24, 2.45) is 0 Å². The Labute approximate surface area is 167 Å². The maximum Gasteiger partial charge on any atom is 0.204 e. The first-order chi connectivity index (χ1) is 12.8. The smallest absolute Gasteiger partial charge is 0.204 e. The van der Waals surface area contributed by atoms with Gasteiger partial charge in [-0.3, -0.25) is 0 Å². The third-order valence-corrected chi connectivity index (χ3v) is 4.76. The van der Waals surface area contributed by atoms with Gasteiger partial charge in [-0.25, -0.2) is 0 Å². The molecule has 0 radical (unpaired) electrons. The van der Waals surface area contributed by atoms with Gasteiger partial charge >= 0.3 is 0 Å². The fourth-order valence-electron chi connectivity index (χ4n) is 3.26. The van der Waals surface area contributed by atoms with Gasteiger partial charge in [0.05, 0.1) is 6.04 Å². The van der Waals surface area contributed by atoms with Crippen LogP contribution in [0.15, 0.2) is 54.6 Å². The number of rotatable bonds is 9. The molecule has 6 heteroatoms. The molecule has 0 aliphatic heterocycles. The normalized spacial score (nSPS) is 13.0.